The summed E-state index contributed by atoms with van der Waals surface area (Å²) < 4.78 is 19.2. The van der Waals surface area contributed by atoms with Gasteiger partial charge in [0, 0.05) is 36.5 Å². The van der Waals surface area contributed by atoms with Crippen molar-refractivity contribution < 1.29 is 13.6 Å². The first-order valence-corrected chi connectivity index (χ1v) is 26.7. The molecule has 0 saturated carbocycles. The molecule has 0 spiro atoms. The molecule has 0 saturated heterocycles. The first-order chi connectivity index (χ1) is 22.6. The molecule has 46 heavy (non-hydrogen) atoms. The maximum Gasteiger partial charge on any atom is 0.333 e. The summed E-state index contributed by atoms with van der Waals surface area (Å²) in [5.74, 6) is 2.36. The van der Waals surface area contributed by atoms with Gasteiger partial charge in [-0.25, -0.2) is 0 Å². The Morgan fingerprint density at radius 1 is 0.478 bits per heavy atom. The lowest BCUT2D eigenvalue weighted by molar-refractivity contribution is -0.0997. The molecule has 0 radical (unpaired) electrons. The van der Waals surface area contributed by atoms with E-state index in [1.165, 1.54) is 173 Å². The van der Waals surface area contributed by atoms with Crippen molar-refractivity contribution in [1.82, 2.24) is 0 Å². The summed E-state index contributed by atoms with van der Waals surface area (Å²) in [6, 6.07) is 0. The van der Waals surface area contributed by atoms with Crippen LogP contribution in [0.25, 0.3) is 0 Å². The molecular weight excluding hydrogens is 689 g/mol. The number of unbranched alkanes of at least 4 members (excludes halogenated alkanes) is 25. The molecule has 0 fully saturated rings. The van der Waals surface area contributed by atoms with Gasteiger partial charge in [-0.05, 0) is 38.8 Å². The lowest BCUT2D eigenvalue weighted by Gasteiger charge is -2.29. The first-order valence-electron chi connectivity index (χ1n) is 20.3. The third-order valence-electron chi connectivity index (χ3n) is 8.80. The summed E-state index contributed by atoms with van der Waals surface area (Å²) in [5.41, 5.74) is 0. The monoisotopic (exact) mass is 768 g/mol. The summed E-state index contributed by atoms with van der Waals surface area (Å²) in [4.78, 5) is 0. The molecule has 0 N–H and O–H groups in total. The minimum absolute atomic E-state index is 0.123. The second-order valence-electron chi connectivity index (χ2n) is 14.0. The second kappa shape index (κ2) is 39.1. The van der Waals surface area contributed by atoms with Crippen LogP contribution in [0.15, 0.2) is 0 Å². The standard InChI is InChI=1S/C39H81BrO3S2Si/c1-5-7-9-11-13-15-17-18-19-20-21-23-26-30-35-41-39(43-46(3,4)42-36-31-27-25-29-34-40)33-38-45-44-37-32-28-24-22-16-14-12-10-8-6-2/h39H,5-38H2,1-4H3. The molecular formula is C39H81BrO3S2Si. The van der Waals surface area contributed by atoms with E-state index in [1.54, 1.807) is 0 Å². The molecule has 0 aromatic heterocycles. The Bertz CT molecular complexity index is 573. The number of rotatable bonds is 40. The summed E-state index contributed by atoms with van der Waals surface area (Å²) in [6.07, 6.45) is 39.3. The number of ether oxygens (including phenoxy) is 1. The molecule has 0 rings (SSSR count). The summed E-state index contributed by atoms with van der Waals surface area (Å²) in [7, 11) is 1.85. The van der Waals surface area contributed by atoms with Crippen LogP contribution in [0.3, 0.4) is 0 Å². The minimum Gasteiger partial charge on any atom is -0.394 e. The van der Waals surface area contributed by atoms with Gasteiger partial charge in [-0.2, -0.15) is 0 Å². The molecule has 1 atom stereocenters. The van der Waals surface area contributed by atoms with Crippen molar-refractivity contribution in [2.45, 2.75) is 219 Å². The van der Waals surface area contributed by atoms with Crippen molar-refractivity contribution >= 4 is 46.1 Å². The van der Waals surface area contributed by atoms with Crippen LogP contribution in [-0.4, -0.2) is 44.9 Å². The highest BCUT2D eigenvalue weighted by atomic mass is 79.9. The Kier molecular flexibility index (Phi) is 40.2. The highest BCUT2D eigenvalue weighted by Gasteiger charge is 2.29. The van der Waals surface area contributed by atoms with Gasteiger partial charge >= 0.3 is 8.56 Å². The maximum absolute atomic E-state index is 6.56. The molecule has 0 bridgehead atoms. The second-order valence-corrected chi connectivity index (χ2v) is 20.8. The fourth-order valence-electron chi connectivity index (χ4n) is 5.82. The van der Waals surface area contributed by atoms with Crippen molar-refractivity contribution in [3.05, 3.63) is 0 Å². The molecule has 0 heterocycles. The highest BCUT2D eigenvalue weighted by molar-refractivity contribution is 9.09. The summed E-state index contributed by atoms with van der Waals surface area (Å²) >= 11 is 3.53. The number of hydrogen-bond acceptors (Lipinski definition) is 5. The molecule has 7 heteroatoms. The molecule has 278 valence electrons. The predicted octanol–water partition coefficient (Wildman–Crippen LogP) is 15.2. The van der Waals surface area contributed by atoms with Gasteiger partial charge in [-0.1, -0.05) is 205 Å². The average Bonchev–Trinajstić information content (AvgIpc) is 3.04. The zero-order valence-electron chi connectivity index (χ0n) is 31.5. The summed E-state index contributed by atoms with van der Waals surface area (Å²) in [6.45, 7) is 10.6. The van der Waals surface area contributed by atoms with E-state index in [-0.39, 0.29) is 6.29 Å². The van der Waals surface area contributed by atoms with E-state index in [1.807, 2.05) is 21.6 Å². The average molecular weight is 770 g/mol. The van der Waals surface area contributed by atoms with E-state index < -0.39 is 8.56 Å². The van der Waals surface area contributed by atoms with Gasteiger partial charge in [-0.15, -0.1) is 0 Å². The lowest BCUT2D eigenvalue weighted by atomic mass is 10.0. The van der Waals surface area contributed by atoms with Crippen molar-refractivity contribution in [3.63, 3.8) is 0 Å². The van der Waals surface area contributed by atoms with Crippen LogP contribution in [0, 0.1) is 0 Å². The van der Waals surface area contributed by atoms with Crippen LogP contribution in [-0.2, 0) is 13.6 Å². The largest absolute Gasteiger partial charge is 0.394 e. The number of hydrogen-bond donors (Lipinski definition) is 0. The zero-order valence-corrected chi connectivity index (χ0v) is 35.8. The number of halogens is 1. The maximum atomic E-state index is 6.56. The topological polar surface area (TPSA) is 27.7 Å². The van der Waals surface area contributed by atoms with Gasteiger partial charge in [0.25, 0.3) is 0 Å². The van der Waals surface area contributed by atoms with E-state index in [9.17, 15) is 0 Å². The summed E-state index contributed by atoms with van der Waals surface area (Å²) in [5, 5.41) is 1.10. The Balaban J connectivity index is 4.08. The SMILES string of the molecule is CCCCCCCCCCCCCCCCOC(CCSSCCCCCCCCCCCC)O[Si](C)(C)OCCCCCCBr. The third-order valence-corrected chi connectivity index (χ3v) is 13.6. The fourth-order valence-corrected chi connectivity index (χ4v) is 9.93. The normalized spacial score (nSPS) is 12.7. The molecule has 3 nitrogen and oxygen atoms in total. The quantitative estimate of drug-likeness (QED) is 0.0203. The fraction of sp³-hybridized carbons (Fsp3) is 1.00. The lowest BCUT2D eigenvalue weighted by Crippen LogP contribution is -2.40. The van der Waals surface area contributed by atoms with E-state index >= 15 is 0 Å². The molecule has 1 unspecified atom stereocenters. The van der Waals surface area contributed by atoms with Crippen LogP contribution in [0.1, 0.15) is 200 Å². The zero-order chi connectivity index (χ0) is 33.7. The van der Waals surface area contributed by atoms with Crippen LogP contribution >= 0.6 is 37.5 Å². The van der Waals surface area contributed by atoms with E-state index in [4.69, 9.17) is 13.6 Å². The predicted molar refractivity (Wildman–Crippen MR) is 218 cm³/mol. The van der Waals surface area contributed by atoms with Gasteiger partial charge in [0.1, 0.15) is 6.29 Å². The van der Waals surface area contributed by atoms with E-state index in [0.29, 0.717) is 0 Å². The molecule has 0 aliphatic carbocycles. The van der Waals surface area contributed by atoms with Crippen molar-refractivity contribution in [1.29, 1.82) is 0 Å². The van der Waals surface area contributed by atoms with Crippen LogP contribution < -0.4 is 0 Å². The Morgan fingerprint density at radius 2 is 0.870 bits per heavy atom. The Hall–Kier alpha value is 1.28. The van der Waals surface area contributed by atoms with Gasteiger partial charge in [-0.3, -0.25) is 0 Å². The van der Waals surface area contributed by atoms with E-state index in [0.717, 1.165) is 43.6 Å². The van der Waals surface area contributed by atoms with Gasteiger partial charge in [0.15, 0.2) is 0 Å². The third kappa shape index (κ3) is 38.1. The van der Waals surface area contributed by atoms with Gasteiger partial charge in [0.05, 0.1) is 0 Å². The van der Waals surface area contributed by atoms with Crippen LogP contribution in [0.4, 0.5) is 0 Å². The van der Waals surface area contributed by atoms with Gasteiger partial charge in [0.2, 0.25) is 0 Å². The van der Waals surface area contributed by atoms with Crippen molar-refractivity contribution in [2.75, 3.05) is 30.0 Å². The number of alkyl halides is 1. The van der Waals surface area contributed by atoms with Crippen molar-refractivity contribution in [2.24, 2.45) is 0 Å². The molecule has 0 aromatic rings. The molecule has 0 aromatic carbocycles. The van der Waals surface area contributed by atoms with Crippen LogP contribution in [0.2, 0.25) is 13.1 Å². The minimum atomic E-state index is -2.20. The highest BCUT2D eigenvalue weighted by Crippen LogP contribution is 2.26. The Labute approximate surface area is 307 Å². The molecule has 0 aliphatic rings. The Morgan fingerprint density at radius 3 is 1.35 bits per heavy atom. The van der Waals surface area contributed by atoms with Gasteiger partial charge < -0.3 is 13.6 Å². The van der Waals surface area contributed by atoms with Crippen LogP contribution in [0.5, 0.6) is 0 Å². The smallest absolute Gasteiger partial charge is 0.333 e. The van der Waals surface area contributed by atoms with Crippen molar-refractivity contribution in [3.8, 4) is 0 Å². The molecule has 0 amide bonds. The first kappa shape index (κ1) is 47.3. The molecule has 0 aliphatic heterocycles. The van der Waals surface area contributed by atoms with E-state index in [2.05, 4.69) is 42.9 Å².